The zero-order chi connectivity index (χ0) is 10.8. The van der Waals surface area contributed by atoms with Gasteiger partial charge in [-0.05, 0) is 19.8 Å². The van der Waals surface area contributed by atoms with Crippen LogP contribution in [0.3, 0.4) is 0 Å². The molecule has 0 aromatic heterocycles. The van der Waals surface area contributed by atoms with Crippen LogP contribution in [0.15, 0.2) is 11.6 Å². The van der Waals surface area contributed by atoms with E-state index in [1.165, 1.54) is 32.8 Å². The lowest BCUT2D eigenvalue weighted by atomic mass is 10.1. The number of hydrogen-bond acceptors (Lipinski definition) is 2. The van der Waals surface area contributed by atoms with Crippen LogP contribution in [0.1, 0.15) is 52.4 Å². The molecule has 2 nitrogen and oxygen atoms in total. The first-order chi connectivity index (χ1) is 6.76. The SMILES string of the molecule is C/C=C(\CCCCCCC)C(=O)OC. The van der Waals surface area contributed by atoms with Crippen LogP contribution in [0.5, 0.6) is 0 Å². The third kappa shape index (κ3) is 5.79. The van der Waals surface area contributed by atoms with Crippen LogP contribution >= 0.6 is 0 Å². The highest BCUT2D eigenvalue weighted by Gasteiger charge is 2.06. The molecule has 0 radical (unpaired) electrons. The van der Waals surface area contributed by atoms with Gasteiger partial charge in [0.2, 0.25) is 0 Å². The molecule has 2 heteroatoms. The quantitative estimate of drug-likeness (QED) is 0.356. The van der Waals surface area contributed by atoms with Crippen molar-refractivity contribution in [3.8, 4) is 0 Å². The molecule has 0 aromatic rings. The number of rotatable bonds is 7. The maximum Gasteiger partial charge on any atom is 0.333 e. The van der Waals surface area contributed by atoms with Gasteiger partial charge in [-0.15, -0.1) is 0 Å². The van der Waals surface area contributed by atoms with Gasteiger partial charge < -0.3 is 4.74 Å². The number of esters is 1. The Bertz CT molecular complexity index is 183. The smallest absolute Gasteiger partial charge is 0.333 e. The summed E-state index contributed by atoms with van der Waals surface area (Å²) in [6, 6.07) is 0. The summed E-state index contributed by atoms with van der Waals surface area (Å²) in [6.45, 7) is 4.09. The Hall–Kier alpha value is -0.790. The molecule has 0 saturated heterocycles. The van der Waals surface area contributed by atoms with Crippen LogP contribution in [0, 0.1) is 0 Å². The standard InChI is InChI=1S/C12H22O2/c1-4-6-7-8-9-10-11(5-2)12(13)14-3/h5H,4,6-10H2,1-3H3/b11-5+. The van der Waals surface area contributed by atoms with Gasteiger partial charge in [-0.25, -0.2) is 4.79 Å². The molecule has 0 fully saturated rings. The molecule has 0 aliphatic heterocycles. The Morgan fingerprint density at radius 3 is 2.36 bits per heavy atom. The molecule has 0 bridgehead atoms. The number of carbonyl (C=O) groups is 1. The van der Waals surface area contributed by atoms with Gasteiger partial charge in [0.05, 0.1) is 7.11 Å². The summed E-state index contributed by atoms with van der Waals surface area (Å²) in [6.07, 6.45) is 8.83. The van der Waals surface area contributed by atoms with Gasteiger partial charge in [-0.3, -0.25) is 0 Å². The second-order valence-electron chi connectivity index (χ2n) is 3.47. The summed E-state index contributed by atoms with van der Waals surface area (Å²) in [4.78, 5) is 11.2. The van der Waals surface area contributed by atoms with E-state index in [4.69, 9.17) is 0 Å². The lowest BCUT2D eigenvalue weighted by molar-refractivity contribution is -0.136. The van der Waals surface area contributed by atoms with Crippen LogP contribution in [0.2, 0.25) is 0 Å². The highest BCUT2D eigenvalue weighted by Crippen LogP contribution is 2.11. The molecule has 82 valence electrons. The fraction of sp³-hybridized carbons (Fsp3) is 0.750. The zero-order valence-electron chi connectivity index (χ0n) is 9.64. The van der Waals surface area contributed by atoms with Crippen LogP contribution < -0.4 is 0 Å². The van der Waals surface area contributed by atoms with Crippen molar-refractivity contribution >= 4 is 5.97 Å². The van der Waals surface area contributed by atoms with Crippen molar-refractivity contribution in [2.45, 2.75) is 52.4 Å². The van der Waals surface area contributed by atoms with Gasteiger partial charge >= 0.3 is 5.97 Å². The molecule has 0 heterocycles. The van der Waals surface area contributed by atoms with Crippen LogP contribution in [0.25, 0.3) is 0 Å². The first kappa shape index (κ1) is 13.2. The number of carbonyl (C=O) groups excluding carboxylic acids is 1. The molecule has 0 rings (SSSR count). The Morgan fingerprint density at radius 2 is 1.86 bits per heavy atom. The number of unbranched alkanes of at least 4 members (excludes halogenated alkanes) is 4. The minimum atomic E-state index is -0.178. The summed E-state index contributed by atoms with van der Waals surface area (Å²) in [5, 5.41) is 0. The molecule has 0 amide bonds. The Kier molecular flexibility index (Phi) is 8.30. The zero-order valence-corrected chi connectivity index (χ0v) is 9.64. The van der Waals surface area contributed by atoms with Gasteiger partial charge in [0, 0.05) is 5.57 Å². The molecule has 0 aliphatic carbocycles. The summed E-state index contributed by atoms with van der Waals surface area (Å²) in [5.41, 5.74) is 0.809. The fourth-order valence-electron chi connectivity index (χ4n) is 1.41. The monoisotopic (exact) mass is 198 g/mol. The van der Waals surface area contributed by atoms with Crippen molar-refractivity contribution in [1.82, 2.24) is 0 Å². The molecule has 0 aromatic carbocycles. The largest absolute Gasteiger partial charge is 0.466 e. The number of hydrogen-bond donors (Lipinski definition) is 0. The van der Waals surface area contributed by atoms with E-state index in [9.17, 15) is 4.79 Å². The Balaban J connectivity index is 3.59. The first-order valence-corrected chi connectivity index (χ1v) is 5.49. The number of methoxy groups -OCH3 is 1. The van der Waals surface area contributed by atoms with Crippen molar-refractivity contribution in [1.29, 1.82) is 0 Å². The number of ether oxygens (including phenoxy) is 1. The maximum absolute atomic E-state index is 11.2. The molecule has 0 spiro atoms. The molecule has 0 saturated carbocycles. The summed E-state index contributed by atoms with van der Waals surface area (Å²) < 4.78 is 4.67. The molecule has 0 atom stereocenters. The molecule has 14 heavy (non-hydrogen) atoms. The third-order valence-electron chi connectivity index (χ3n) is 2.35. The normalized spacial score (nSPS) is 11.5. The first-order valence-electron chi connectivity index (χ1n) is 5.49. The van der Waals surface area contributed by atoms with Gasteiger partial charge in [0.25, 0.3) is 0 Å². The summed E-state index contributed by atoms with van der Waals surface area (Å²) in [7, 11) is 1.43. The highest BCUT2D eigenvalue weighted by atomic mass is 16.5. The van der Waals surface area contributed by atoms with E-state index in [1.807, 2.05) is 13.0 Å². The Labute approximate surface area is 87.3 Å². The summed E-state index contributed by atoms with van der Waals surface area (Å²) in [5.74, 6) is -0.178. The fourth-order valence-corrected chi connectivity index (χ4v) is 1.41. The van der Waals surface area contributed by atoms with Gasteiger partial charge in [-0.2, -0.15) is 0 Å². The van der Waals surface area contributed by atoms with Gasteiger partial charge in [0.15, 0.2) is 0 Å². The van der Waals surface area contributed by atoms with E-state index in [-0.39, 0.29) is 5.97 Å². The second kappa shape index (κ2) is 8.79. The molecule has 0 unspecified atom stereocenters. The van der Waals surface area contributed by atoms with Gasteiger partial charge in [-0.1, -0.05) is 38.7 Å². The predicted octanol–water partition coefficient (Wildman–Crippen LogP) is 3.47. The van der Waals surface area contributed by atoms with Crippen molar-refractivity contribution < 1.29 is 9.53 Å². The van der Waals surface area contributed by atoms with Crippen LogP contribution in [-0.2, 0) is 9.53 Å². The minimum absolute atomic E-state index is 0.178. The lowest BCUT2D eigenvalue weighted by Gasteiger charge is -2.04. The third-order valence-corrected chi connectivity index (χ3v) is 2.35. The van der Waals surface area contributed by atoms with Crippen LogP contribution in [0.4, 0.5) is 0 Å². The second-order valence-corrected chi connectivity index (χ2v) is 3.47. The maximum atomic E-state index is 11.2. The topological polar surface area (TPSA) is 26.3 Å². The Morgan fingerprint density at radius 1 is 1.21 bits per heavy atom. The van der Waals surface area contributed by atoms with Crippen molar-refractivity contribution in [2.24, 2.45) is 0 Å². The van der Waals surface area contributed by atoms with E-state index < -0.39 is 0 Å². The molecular formula is C12H22O2. The minimum Gasteiger partial charge on any atom is -0.466 e. The van der Waals surface area contributed by atoms with Crippen molar-refractivity contribution in [2.75, 3.05) is 7.11 Å². The molecule has 0 N–H and O–H groups in total. The van der Waals surface area contributed by atoms with E-state index in [1.54, 1.807) is 0 Å². The lowest BCUT2D eigenvalue weighted by Crippen LogP contribution is -2.04. The predicted molar refractivity (Wildman–Crippen MR) is 59.1 cm³/mol. The van der Waals surface area contributed by atoms with Crippen molar-refractivity contribution in [3.05, 3.63) is 11.6 Å². The van der Waals surface area contributed by atoms with Crippen molar-refractivity contribution in [3.63, 3.8) is 0 Å². The van der Waals surface area contributed by atoms with Crippen LogP contribution in [-0.4, -0.2) is 13.1 Å². The average molecular weight is 198 g/mol. The van der Waals surface area contributed by atoms with E-state index >= 15 is 0 Å². The summed E-state index contributed by atoms with van der Waals surface area (Å²) >= 11 is 0. The van der Waals surface area contributed by atoms with Gasteiger partial charge in [0.1, 0.15) is 0 Å². The number of allylic oxidation sites excluding steroid dienone is 1. The molecular weight excluding hydrogens is 176 g/mol. The van der Waals surface area contributed by atoms with E-state index in [0.717, 1.165) is 18.4 Å². The average Bonchev–Trinajstić information content (AvgIpc) is 2.22. The van der Waals surface area contributed by atoms with E-state index in [0.29, 0.717) is 0 Å². The molecule has 0 aliphatic rings. The van der Waals surface area contributed by atoms with E-state index in [2.05, 4.69) is 11.7 Å². The highest BCUT2D eigenvalue weighted by molar-refractivity contribution is 5.88.